The van der Waals surface area contributed by atoms with Gasteiger partial charge in [0.2, 0.25) is 0 Å². The molecule has 0 radical (unpaired) electrons. The lowest BCUT2D eigenvalue weighted by atomic mass is 9.72. The highest BCUT2D eigenvalue weighted by molar-refractivity contribution is 6.05. The average Bonchev–Trinajstić information content (AvgIpc) is 3.20. The van der Waals surface area contributed by atoms with E-state index in [1.165, 1.54) is 0 Å². The Balaban J connectivity index is 0.930. The predicted octanol–water partition coefficient (Wildman–Crippen LogP) is 8.88. The Labute approximate surface area is 345 Å². The van der Waals surface area contributed by atoms with E-state index < -0.39 is 5.97 Å². The molecule has 5 rings (SSSR count). The van der Waals surface area contributed by atoms with Crippen molar-refractivity contribution >= 4 is 39.3 Å². The first kappa shape index (κ1) is 44.2. The van der Waals surface area contributed by atoms with Gasteiger partial charge in [-0.25, -0.2) is 4.79 Å². The number of nitrogens with one attached hydrogen (secondary N) is 1. The first-order valence-electron chi connectivity index (χ1n) is 19.8. The van der Waals surface area contributed by atoms with Crippen LogP contribution in [0.4, 0.5) is 0 Å². The summed E-state index contributed by atoms with van der Waals surface area (Å²) in [4.78, 5) is 41.6. The summed E-state index contributed by atoms with van der Waals surface area (Å²) in [6, 6.07) is 20.9. The molecule has 1 aromatic heterocycles. The van der Waals surface area contributed by atoms with Crippen molar-refractivity contribution in [3.05, 3.63) is 141 Å². The minimum Gasteiger partial charge on any atom is -0.478 e. The number of carboxylic acids is 1. The highest BCUT2D eigenvalue weighted by Gasteiger charge is 2.30. The molecule has 0 bridgehead atoms. The average molecular weight is 803 g/mol. The number of oxime groups is 1. The van der Waals surface area contributed by atoms with E-state index in [0.717, 1.165) is 63.2 Å². The molecule has 2 N–H and O–H groups in total. The molecule has 1 aliphatic carbocycles. The Bertz CT molecular complexity index is 2340. The molecule has 1 amide bonds. The number of amides is 1. The number of hydrogen-bond acceptors (Lipinski definition) is 9. The number of hydrogen-bond donors (Lipinski definition) is 2. The molecule has 3 aromatic carbocycles. The fraction of sp³-hybridized carbons (Fsp3) is 0.333. The zero-order valence-electron chi connectivity index (χ0n) is 34.5. The van der Waals surface area contributed by atoms with Crippen molar-refractivity contribution in [3.63, 3.8) is 0 Å². The van der Waals surface area contributed by atoms with E-state index in [1.807, 2.05) is 92.7 Å². The molecule has 310 valence electrons. The highest BCUT2D eigenvalue weighted by Crippen LogP contribution is 2.40. The van der Waals surface area contributed by atoms with E-state index in [2.05, 4.69) is 30.4 Å². The molecule has 0 fully saturated rings. The maximum atomic E-state index is 13.0. The van der Waals surface area contributed by atoms with Gasteiger partial charge in [-0.15, -0.1) is 0 Å². The Morgan fingerprint density at radius 1 is 0.915 bits per heavy atom. The van der Waals surface area contributed by atoms with Crippen LogP contribution >= 0.6 is 0 Å². The molecule has 1 heterocycles. The number of carbonyl (C=O) groups excluding carboxylic acids is 1. The van der Waals surface area contributed by atoms with Gasteiger partial charge in [0.15, 0.2) is 12.0 Å². The highest BCUT2D eigenvalue weighted by atomic mass is 16.6. The van der Waals surface area contributed by atoms with Crippen LogP contribution in [0.15, 0.2) is 140 Å². The van der Waals surface area contributed by atoms with Gasteiger partial charge in [-0.2, -0.15) is 0 Å². The van der Waals surface area contributed by atoms with Gasteiger partial charge in [0.1, 0.15) is 11.3 Å². The monoisotopic (exact) mass is 802 g/mol. The SMILES string of the molecule is CC(C=CC1=C(C)C(=NOCC(=O)NCCOCCOCCOCc2ccc(-c3cc(=O)c4c(ccc5ccccc54)o3)cc2)CCC1(C)C)=CC=CC(C)=CC(=O)O. The van der Waals surface area contributed by atoms with Crippen LogP contribution in [0, 0.1) is 5.41 Å². The number of carboxylic acid groups (broad SMARTS) is 1. The quantitative estimate of drug-likeness (QED) is 0.0294. The third-order valence-electron chi connectivity index (χ3n) is 9.94. The summed E-state index contributed by atoms with van der Waals surface area (Å²) in [6.45, 7) is 12.7. The van der Waals surface area contributed by atoms with E-state index in [4.69, 9.17) is 28.6 Å². The van der Waals surface area contributed by atoms with E-state index in [-0.39, 0.29) is 23.4 Å². The zero-order chi connectivity index (χ0) is 42.2. The van der Waals surface area contributed by atoms with Crippen LogP contribution in [0.5, 0.6) is 0 Å². The number of ether oxygens (including phenoxy) is 3. The summed E-state index contributed by atoms with van der Waals surface area (Å²) in [5.41, 5.74) is 6.91. The molecule has 1 aliphatic rings. The van der Waals surface area contributed by atoms with Crippen molar-refractivity contribution < 1.29 is 38.2 Å². The number of aliphatic carboxylic acids is 1. The molecule has 0 unspecified atom stereocenters. The van der Waals surface area contributed by atoms with E-state index in [0.29, 0.717) is 68.5 Å². The predicted molar refractivity (Wildman–Crippen MR) is 232 cm³/mol. The van der Waals surface area contributed by atoms with Crippen LogP contribution in [0.2, 0.25) is 0 Å². The van der Waals surface area contributed by atoms with Crippen LogP contribution in [-0.2, 0) is 35.2 Å². The Morgan fingerprint density at radius 3 is 2.41 bits per heavy atom. The third kappa shape index (κ3) is 13.3. The molecule has 0 atom stereocenters. The fourth-order valence-corrected chi connectivity index (χ4v) is 6.70. The van der Waals surface area contributed by atoms with E-state index >= 15 is 0 Å². The Kier molecular flexibility index (Phi) is 16.3. The van der Waals surface area contributed by atoms with E-state index in [1.54, 1.807) is 19.1 Å². The van der Waals surface area contributed by atoms with Crippen LogP contribution in [0.3, 0.4) is 0 Å². The minimum atomic E-state index is -0.969. The van der Waals surface area contributed by atoms with Crippen LogP contribution in [0.1, 0.15) is 53.0 Å². The number of carbonyl (C=O) groups is 2. The lowest BCUT2D eigenvalue weighted by Gasteiger charge is -2.33. The van der Waals surface area contributed by atoms with E-state index in [9.17, 15) is 14.4 Å². The van der Waals surface area contributed by atoms with Gasteiger partial charge in [0, 0.05) is 24.3 Å². The molecule has 59 heavy (non-hydrogen) atoms. The maximum Gasteiger partial charge on any atom is 0.328 e. The second kappa shape index (κ2) is 21.8. The normalized spacial score (nSPS) is 15.6. The van der Waals surface area contributed by atoms with Crippen molar-refractivity contribution in [2.24, 2.45) is 10.6 Å². The summed E-state index contributed by atoms with van der Waals surface area (Å²) in [7, 11) is 0. The molecule has 0 saturated heterocycles. The standard InChI is InChI=1S/C48H54N2O9/c1-33(9-8-10-34(2)29-46(53)54)13-19-40-35(3)41(21-22-48(40,4)5)50-58-32-45(52)49-23-24-55-25-26-56-27-28-57-31-36-14-16-38(17-15-36)44-30-42(51)47-39-12-7-6-11-37(39)18-20-43(47)59-44/h6-20,29-30H,21-28,31-32H2,1-5H3,(H,49,52)(H,53,54). The number of nitrogens with zero attached hydrogens (tertiary/aromatic N) is 1. The number of fused-ring (bicyclic) bond motifs is 3. The molecule has 0 spiro atoms. The van der Waals surface area contributed by atoms with Crippen molar-refractivity contribution in [2.75, 3.05) is 46.2 Å². The summed E-state index contributed by atoms with van der Waals surface area (Å²) < 4.78 is 23.1. The molecule has 0 saturated carbocycles. The van der Waals surface area contributed by atoms with Crippen molar-refractivity contribution in [1.29, 1.82) is 0 Å². The van der Waals surface area contributed by atoms with Crippen molar-refractivity contribution in [3.8, 4) is 11.3 Å². The van der Waals surface area contributed by atoms with Crippen molar-refractivity contribution in [1.82, 2.24) is 5.32 Å². The summed E-state index contributed by atoms with van der Waals surface area (Å²) >= 11 is 0. The largest absolute Gasteiger partial charge is 0.478 e. The Morgan fingerprint density at radius 2 is 1.64 bits per heavy atom. The van der Waals surface area contributed by atoms with Gasteiger partial charge >= 0.3 is 5.97 Å². The lowest BCUT2D eigenvalue weighted by Crippen LogP contribution is -2.30. The first-order chi connectivity index (χ1) is 28.4. The summed E-state index contributed by atoms with van der Waals surface area (Å²) in [5.74, 6) is -0.731. The number of rotatable bonds is 20. The minimum absolute atomic E-state index is 0.0536. The molecular weight excluding hydrogens is 749 g/mol. The molecule has 11 nitrogen and oxygen atoms in total. The van der Waals surface area contributed by atoms with Crippen LogP contribution < -0.4 is 10.7 Å². The first-order valence-corrected chi connectivity index (χ1v) is 19.8. The maximum absolute atomic E-state index is 13.0. The number of benzene rings is 3. The van der Waals surface area contributed by atoms with Gasteiger partial charge in [0.05, 0.1) is 50.7 Å². The Hall–Kier alpha value is -5.88. The zero-order valence-corrected chi connectivity index (χ0v) is 34.5. The summed E-state index contributed by atoms with van der Waals surface area (Å²) in [6.07, 6.45) is 12.4. The van der Waals surface area contributed by atoms with Gasteiger partial charge in [-0.05, 0) is 78.1 Å². The molecule has 0 aliphatic heterocycles. The van der Waals surface area contributed by atoms with Gasteiger partial charge in [-0.3, -0.25) is 9.59 Å². The molecule has 11 heteroatoms. The molecule has 4 aromatic rings. The smallest absolute Gasteiger partial charge is 0.328 e. The molecular formula is C48H54N2O9. The second-order valence-electron chi connectivity index (χ2n) is 15.0. The summed E-state index contributed by atoms with van der Waals surface area (Å²) in [5, 5.41) is 18.4. The van der Waals surface area contributed by atoms with Gasteiger partial charge < -0.3 is 33.9 Å². The lowest BCUT2D eigenvalue weighted by molar-refractivity contribution is -0.131. The van der Waals surface area contributed by atoms with Gasteiger partial charge in [-0.1, -0.05) is 110 Å². The van der Waals surface area contributed by atoms with Crippen LogP contribution in [-0.4, -0.2) is 68.9 Å². The van der Waals surface area contributed by atoms with Crippen LogP contribution in [0.25, 0.3) is 33.1 Å². The fourth-order valence-electron chi connectivity index (χ4n) is 6.70. The second-order valence-corrected chi connectivity index (χ2v) is 15.0. The van der Waals surface area contributed by atoms with Crippen molar-refractivity contribution in [2.45, 2.75) is 54.1 Å². The number of allylic oxidation sites excluding steroid dienone is 9. The van der Waals surface area contributed by atoms with Gasteiger partial charge in [0.25, 0.3) is 5.91 Å². The third-order valence-corrected chi connectivity index (χ3v) is 9.94. The topological polar surface area (TPSA) is 146 Å².